The molecule has 2 saturated carbocycles. The Bertz CT molecular complexity index is 990. The van der Waals surface area contributed by atoms with E-state index in [9.17, 15) is 9.59 Å². The molecule has 4 nitrogen and oxygen atoms in total. The lowest BCUT2D eigenvalue weighted by molar-refractivity contribution is 0.0591. The highest BCUT2D eigenvalue weighted by Gasteiger charge is 2.20. The number of methoxy groups -OCH3 is 2. The van der Waals surface area contributed by atoms with Gasteiger partial charge in [-0.05, 0) is 95.5 Å². The van der Waals surface area contributed by atoms with E-state index >= 15 is 0 Å². The second-order valence-corrected chi connectivity index (χ2v) is 10.6. The van der Waals surface area contributed by atoms with E-state index in [-0.39, 0.29) is 11.9 Å². The Morgan fingerprint density at radius 3 is 1.88 bits per heavy atom. The van der Waals surface area contributed by atoms with Gasteiger partial charge in [0.1, 0.15) is 0 Å². The maximum Gasteiger partial charge on any atom is 0.338 e. The Labute approximate surface area is 211 Å². The molecular formula is C28H35IO4. The Morgan fingerprint density at radius 2 is 1.36 bits per heavy atom. The first-order valence-electron chi connectivity index (χ1n) is 11.9. The molecule has 2 aromatic carbocycles. The molecule has 0 aliphatic heterocycles. The highest BCUT2D eigenvalue weighted by molar-refractivity contribution is 14.1. The van der Waals surface area contributed by atoms with E-state index in [1.54, 1.807) is 0 Å². The van der Waals surface area contributed by atoms with Gasteiger partial charge in [-0.25, -0.2) is 9.59 Å². The molecule has 0 unspecified atom stereocenters. The first-order valence-corrected chi connectivity index (χ1v) is 13.0. The molecule has 2 aliphatic carbocycles. The highest BCUT2D eigenvalue weighted by Crippen LogP contribution is 2.32. The lowest BCUT2D eigenvalue weighted by Gasteiger charge is -2.26. The number of hydrogen-bond acceptors (Lipinski definition) is 4. The maximum atomic E-state index is 11.6. The third-order valence-electron chi connectivity index (χ3n) is 6.98. The van der Waals surface area contributed by atoms with Gasteiger partial charge in [0.05, 0.1) is 25.3 Å². The van der Waals surface area contributed by atoms with Crippen molar-refractivity contribution in [3.8, 4) is 0 Å². The fourth-order valence-electron chi connectivity index (χ4n) is 4.46. The molecular weight excluding hydrogens is 527 g/mol. The molecule has 0 spiro atoms. The summed E-state index contributed by atoms with van der Waals surface area (Å²) in [4.78, 5) is 23.0. The molecule has 4 rings (SSSR count). The topological polar surface area (TPSA) is 52.6 Å². The van der Waals surface area contributed by atoms with E-state index in [0.29, 0.717) is 11.1 Å². The van der Waals surface area contributed by atoms with Crippen LogP contribution in [-0.2, 0) is 22.3 Å². The maximum absolute atomic E-state index is 11.6. The summed E-state index contributed by atoms with van der Waals surface area (Å²) in [6.45, 7) is 3.95. The fraction of sp³-hybridized carbons (Fsp3) is 0.500. The molecule has 0 N–H and O–H groups in total. The molecule has 2 aromatic rings. The summed E-state index contributed by atoms with van der Waals surface area (Å²) >= 11 is 2.32. The molecule has 0 atom stereocenters. The van der Waals surface area contributed by atoms with Gasteiger partial charge >= 0.3 is 11.9 Å². The number of carbonyl (C=O) groups is 2. The minimum atomic E-state index is -0.243. The number of ether oxygens (including phenoxy) is 2. The monoisotopic (exact) mass is 562 g/mol. The Kier molecular flexibility index (Phi) is 9.36. The standard InChI is InChI=1S/C14H17IO2.C14H18O2/c1-9-6-11(7-10-4-3-5-10)13(15)8-12(9)14(16)17-2;1-10-8-12(9-11-4-3-5-11)6-7-13(10)14(15)16-2/h6,8,10H,3-5,7H2,1-2H3;6-8,11H,3-5,9H2,1-2H3. The molecule has 0 heterocycles. The number of esters is 2. The van der Waals surface area contributed by atoms with Crippen LogP contribution in [0.3, 0.4) is 0 Å². The summed E-state index contributed by atoms with van der Waals surface area (Å²) in [6.07, 6.45) is 10.5. The van der Waals surface area contributed by atoms with Crippen LogP contribution in [0.4, 0.5) is 0 Å². The predicted octanol–water partition coefficient (Wildman–Crippen LogP) is 6.85. The van der Waals surface area contributed by atoms with Crippen molar-refractivity contribution < 1.29 is 19.1 Å². The Balaban J connectivity index is 0.000000186. The smallest absolute Gasteiger partial charge is 0.338 e. The van der Waals surface area contributed by atoms with Crippen LogP contribution >= 0.6 is 22.6 Å². The molecule has 0 saturated heterocycles. The van der Waals surface area contributed by atoms with Crippen LogP contribution < -0.4 is 0 Å². The van der Waals surface area contributed by atoms with E-state index < -0.39 is 0 Å². The van der Waals surface area contributed by atoms with Crippen LogP contribution in [0.1, 0.15) is 81.5 Å². The van der Waals surface area contributed by atoms with Crippen LogP contribution in [-0.4, -0.2) is 26.2 Å². The SMILES string of the molecule is COC(=O)c1cc(I)c(CC2CCC2)cc1C.COC(=O)c1ccc(CC2CCC2)cc1C. The van der Waals surface area contributed by atoms with Crippen molar-refractivity contribution in [1.29, 1.82) is 0 Å². The molecule has 5 heteroatoms. The fourth-order valence-corrected chi connectivity index (χ4v) is 5.14. The van der Waals surface area contributed by atoms with Crippen LogP contribution in [0.5, 0.6) is 0 Å². The van der Waals surface area contributed by atoms with Gasteiger partial charge in [0, 0.05) is 3.57 Å². The van der Waals surface area contributed by atoms with Gasteiger partial charge < -0.3 is 9.47 Å². The van der Waals surface area contributed by atoms with Crippen LogP contribution in [0.2, 0.25) is 0 Å². The first kappa shape index (κ1) is 25.7. The molecule has 2 fully saturated rings. The summed E-state index contributed by atoms with van der Waals surface area (Å²) in [5, 5.41) is 0. The molecule has 0 aromatic heterocycles. The van der Waals surface area contributed by atoms with Crippen molar-refractivity contribution in [3.63, 3.8) is 0 Å². The highest BCUT2D eigenvalue weighted by atomic mass is 127. The molecule has 0 radical (unpaired) electrons. The quantitative estimate of drug-likeness (QED) is 0.286. The average molecular weight is 562 g/mol. The normalized spacial score (nSPS) is 15.5. The minimum absolute atomic E-state index is 0.240. The summed E-state index contributed by atoms with van der Waals surface area (Å²) in [5.41, 5.74) is 6.12. The molecule has 33 heavy (non-hydrogen) atoms. The van der Waals surface area contributed by atoms with E-state index in [4.69, 9.17) is 9.47 Å². The predicted molar refractivity (Wildman–Crippen MR) is 140 cm³/mol. The third-order valence-corrected chi connectivity index (χ3v) is 7.98. The zero-order valence-electron chi connectivity index (χ0n) is 20.2. The second-order valence-electron chi connectivity index (χ2n) is 9.39. The van der Waals surface area contributed by atoms with Crippen LogP contribution in [0.25, 0.3) is 0 Å². The largest absolute Gasteiger partial charge is 0.465 e. The summed E-state index contributed by atoms with van der Waals surface area (Å²) in [5.74, 6) is 1.23. The van der Waals surface area contributed by atoms with Crippen LogP contribution in [0.15, 0.2) is 30.3 Å². The van der Waals surface area contributed by atoms with Crippen molar-refractivity contribution in [2.24, 2.45) is 11.8 Å². The van der Waals surface area contributed by atoms with Gasteiger partial charge in [-0.2, -0.15) is 0 Å². The number of hydrogen-bond donors (Lipinski definition) is 0. The van der Waals surface area contributed by atoms with E-state index in [1.807, 2.05) is 26.0 Å². The lowest BCUT2D eigenvalue weighted by atomic mass is 9.80. The number of carbonyl (C=O) groups excluding carboxylic acids is 2. The number of benzene rings is 2. The lowest BCUT2D eigenvalue weighted by Crippen LogP contribution is -2.15. The van der Waals surface area contributed by atoms with Crippen molar-refractivity contribution in [2.45, 2.75) is 65.2 Å². The van der Waals surface area contributed by atoms with Gasteiger partial charge in [0.2, 0.25) is 0 Å². The Morgan fingerprint density at radius 1 is 0.818 bits per heavy atom. The number of halogens is 1. The molecule has 0 bridgehead atoms. The second kappa shape index (κ2) is 12.0. The minimum Gasteiger partial charge on any atom is -0.465 e. The summed E-state index contributed by atoms with van der Waals surface area (Å²) in [6, 6.07) is 10.2. The molecule has 0 amide bonds. The molecule has 2 aliphatic rings. The third kappa shape index (κ3) is 6.81. The van der Waals surface area contributed by atoms with Gasteiger partial charge in [0.25, 0.3) is 0 Å². The van der Waals surface area contributed by atoms with Crippen molar-refractivity contribution in [3.05, 3.63) is 67.3 Å². The summed E-state index contributed by atoms with van der Waals surface area (Å²) in [7, 11) is 2.85. The van der Waals surface area contributed by atoms with E-state index in [1.165, 1.54) is 67.4 Å². The Hall–Kier alpha value is -1.89. The number of rotatable bonds is 6. The van der Waals surface area contributed by atoms with Gasteiger partial charge in [0.15, 0.2) is 0 Å². The van der Waals surface area contributed by atoms with Crippen LogP contribution in [0, 0.1) is 29.3 Å². The zero-order valence-corrected chi connectivity index (χ0v) is 22.4. The van der Waals surface area contributed by atoms with Gasteiger partial charge in [-0.15, -0.1) is 0 Å². The van der Waals surface area contributed by atoms with Crippen molar-refractivity contribution >= 4 is 34.5 Å². The van der Waals surface area contributed by atoms with E-state index in [0.717, 1.165) is 35.8 Å². The first-order chi connectivity index (χ1) is 15.8. The summed E-state index contributed by atoms with van der Waals surface area (Å²) < 4.78 is 10.7. The number of aryl methyl sites for hydroxylation is 2. The van der Waals surface area contributed by atoms with Crippen molar-refractivity contribution in [2.75, 3.05) is 14.2 Å². The average Bonchev–Trinajstić information content (AvgIpc) is 2.74. The van der Waals surface area contributed by atoms with Crippen molar-refractivity contribution in [1.82, 2.24) is 0 Å². The van der Waals surface area contributed by atoms with Gasteiger partial charge in [-0.1, -0.05) is 56.7 Å². The van der Waals surface area contributed by atoms with Gasteiger partial charge in [-0.3, -0.25) is 0 Å². The molecule has 178 valence electrons. The zero-order chi connectivity index (χ0) is 24.0. The van der Waals surface area contributed by atoms with E-state index in [2.05, 4.69) is 40.8 Å².